The quantitative estimate of drug-likeness (QED) is 0.868. The van der Waals surface area contributed by atoms with Crippen molar-refractivity contribution in [3.63, 3.8) is 0 Å². The molecule has 0 saturated carbocycles. The number of anilines is 1. The lowest BCUT2D eigenvalue weighted by molar-refractivity contribution is 0.122. The van der Waals surface area contributed by atoms with Crippen LogP contribution in [-0.4, -0.2) is 38.5 Å². The predicted octanol–water partition coefficient (Wildman–Crippen LogP) is 2.54. The van der Waals surface area contributed by atoms with Crippen LogP contribution in [0.25, 0.3) is 0 Å². The van der Waals surface area contributed by atoms with E-state index in [4.69, 9.17) is 15.9 Å². The zero-order valence-corrected chi connectivity index (χ0v) is 14.0. The van der Waals surface area contributed by atoms with Gasteiger partial charge in [-0.1, -0.05) is 18.1 Å². The van der Waals surface area contributed by atoms with Crippen molar-refractivity contribution in [1.29, 1.82) is 0 Å². The molecule has 0 amide bonds. The van der Waals surface area contributed by atoms with Gasteiger partial charge in [0.15, 0.2) is 5.60 Å². The Morgan fingerprint density at radius 2 is 1.88 bits per heavy atom. The summed E-state index contributed by atoms with van der Waals surface area (Å²) in [5, 5.41) is 11.0. The first-order chi connectivity index (χ1) is 12.1. The highest BCUT2D eigenvalue weighted by atomic mass is 19.1. The summed E-state index contributed by atoms with van der Waals surface area (Å²) in [4.78, 5) is 2.04. The molecule has 0 aromatic heterocycles. The van der Waals surface area contributed by atoms with E-state index in [2.05, 4.69) is 5.92 Å². The van der Waals surface area contributed by atoms with E-state index in [1.807, 2.05) is 4.90 Å². The van der Waals surface area contributed by atoms with Gasteiger partial charge in [-0.15, -0.1) is 6.42 Å². The first-order valence-electron chi connectivity index (χ1n) is 8.06. The van der Waals surface area contributed by atoms with Crippen molar-refractivity contribution in [2.75, 3.05) is 38.3 Å². The van der Waals surface area contributed by atoms with Crippen molar-refractivity contribution >= 4 is 5.69 Å². The molecule has 2 aromatic carbocycles. The van der Waals surface area contributed by atoms with E-state index in [1.54, 1.807) is 43.5 Å². The number of hydrogen-bond acceptors (Lipinski definition) is 4. The standard InChI is InChI=1S/C20H20FNO3/c1-3-20(23,15-4-7-17(24-2)8-5-15)18-9-6-16(14-19(18)21)22-10-12-25-13-11-22/h1,4-9,14,23H,10-13H2,2H3. The molecule has 1 saturated heterocycles. The lowest BCUT2D eigenvalue weighted by atomic mass is 9.86. The Kier molecular flexibility index (Phi) is 4.93. The van der Waals surface area contributed by atoms with Crippen LogP contribution >= 0.6 is 0 Å². The van der Waals surface area contributed by atoms with E-state index in [0.717, 1.165) is 5.69 Å². The van der Waals surface area contributed by atoms with Gasteiger partial charge in [-0.25, -0.2) is 4.39 Å². The second-order valence-corrected chi connectivity index (χ2v) is 5.85. The summed E-state index contributed by atoms with van der Waals surface area (Å²) in [6.45, 7) is 2.64. The molecule has 0 aliphatic carbocycles. The summed E-state index contributed by atoms with van der Waals surface area (Å²) in [7, 11) is 1.55. The summed E-state index contributed by atoms with van der Waals surface area (Å²) in [5.41, 5.74) is -0.635. The third kappa shape index (κ3) is 3.32. The fourth-order valence-electron chi connectivity index (χ4n) is 2.96. The van der Waals surface area contributed by atoms with Crippen molar-refractivity contribution in [2.24, 2.45) is 0 Å². The molecule has 130 valence electrons. The van der Waals surface area contributed by atoms with Crippen LogP contribution in [0, 0.1) is 18.2 Å². The molecule has 1 heterocycles. The van der Waals surface area contributed by atoms with Crippen LogP contribution in [0.2, 0.25) is 0 Å². The van der Waals surface area contributed by atoms with Gasteiger partial charge in [0.2, 0.25) is 0 Å². The number of halogens is 1. The maximum Gasteiger partial charge on any atom is 0.179 e. The van der Waals surface area contributed by atoms with E-state index in [1.165, 1.54) is 6.07 Å². The van der Waals surface area contributed by atoms with Crippen LogP contribution in [0.1, 0.15) is 11.1 Å². The van der Waals surface area contributed by atoms with E-state index < -0.39 is 11.4 Å². The van der Waals surface area contributed by atoms with Crippen LogP contribution in [0.3, 0.4) is 0 Å². The summed E-state index contributed by atoms with van der Waals surface area (Å²) >= 11 is 0. The van der Waals surface area contributed by atoms with Crippen LogP contribution in [0.4, 0.5) is 10.1 Å². The topological polar surface area (TPSA) is 41.9 Å². The highest BCUT2D eigenvalue weighted by Crippen LogP contribution is 2.33. The Balaban J connectivity index is 1.95. The van der Waals surface area contributed by atoms with E-state index in [9.17, 15) is 9.50 Å². The van der Waals surface area contributed by atoms with Gasteiger partial charge in [0.1, 0.15) is 11.6 Å². The monoisotopic (exact) mass is 341 g/mol. The maximum atomic E-state index is 14.8. The average molecular weight is 341 g/mol. The van der Waals surface area contributed by atoms with E-state index in [0.29, 0.717) is 37.6 Å². The Bertz CT molecular complexity index is 779. The minimum absolute atomic E-state index is 0.0529. The molecule has 1 N–H and O–H groups in total. The number of rotatable bonds is 4. The fraction of sp³-hybridized carbons (Fsp3) is 0.300. The van der Waals surface area contributed by atoms with Crippen LogP contribution in [-0.2, 0) is 10.3 Å². The summed E-state index contributed by atoms with van der Waals surface area (Å²) in [6.07, 6.45) is 5.57. The van der Waals surface area contributed by atoms with Crippen molar-refractivity contribution in [3.8, 4) is 18.1 Å². The summed E-state index contributed by atoms with van der Waals surface area (Å²) in [6, 6.07) is 11.4. The lowest BCUT2D eigenvalue weighted by Gasteiger charge is -2.30. The van der Waals surface area contributed by atoms with E-state index in [-0.39, 0.29) is 5.56 Å². The number of benzene rings is 2. The van der Waals surface area contributed by atoms with Crippen molar-refractivity contribution in [1.82, 2.24) is 0 Å². The van der Waals surface area contributed by atoms with Gasteiger partial charge in [-0.3, -0.25) is 0 Å². The van der Waals surface area contributed by atoms with Gasteiger partial charge in [0.05, 0.1) is 20.3 Å². The summed E-state index contributed by atoms with van der Waals surface area (Å²) < 4.78 is 25.2. The Morgan fingerprint density at radius 1 is 1.20 bits per heavy atom. The average Bonchev–Trinajstić information content (AvgIpc) is 2.68. The second kappa shape index (κ2) is 7.14. The van der Waals surface area contributed by atoms with Gasteiger partial charge >= 0.3 is 0 Å². The largest absolute Gasteiger partial charge is 0.497 e. The minimum atomic E-state index is -1.85. The molecule has 0 radical (unpaired) electrons. The molecule has 0 spiro atoms. The van der Waals surface area contributed by atoms with E-state index >= 15 is 0 Å². The molecule has 4 nitrogen and oxygen atoms in total. The highest BCUT2D eigenvalue weighted by Gasteiger charge is 2.32. The third-order valence-electron chi connectivity index (χ3n) is 4.44. The number of methoxy groups -OCH3 is 1. The molecular weight excluding hydrogens is 321 g/mol. The number of terminal acetylenes is 1. The fourth-order valence-corrected chi connectivity index (χ4v) is 2.96. The van der Waals surface area contributed by atoms with Crippen LogP contribution in [0.15, 0.2) is 42.5 Å². The molecular formula is C20H20FNO3. The van der Waals surface area contributed by atoms with Crippen molar-refractivity contribution < 1.29 is 19.0 Å². The van der Waals surface area contributed by atoms with Gasteiger partial charge < -0.3 is 19.5 Å². The molecule has 1 unspecified atom stereocenters. The Morgan fingerprint density at radius 3 is 2.44 bits per heavy atom. The molecule has 1 aliphatic heterocycles. The van der Waals surface area contributed by atoms with Gasteiger partial charge in [-0.2, -0.15) is 0 Å². The third-order valence-corrected chi connectivity index (χ3v) is 4.44. The molecule has 5 heteroatoms. The Hall–Kier alpha value is -2.55. The Labute approximate surface area is 146 Å². The lowest BCUT2D eigenvalue weighted by Crippen LogP contribution is -2.36. The molecule has 25 heavy (non-hydrogen) atoms. The van der Waals surface area contributed by atoms with Crippen LogP contribution in [0.5, 0.6) is 5.75 Å². The molecule has 0 bridgehead atoms. The number of aliphatic hydroxyl groups is 1. The van der Waals surface area contributed by atoms with Gasteiger partial charge in [0, 0.05) is 29.9 Å². The first-order valence-corrected chi connectivity index (χ1v) is 8.06. The predicted molar refractivity (Wildman–Crippen MR) is 94.3 cm³/mol. The zero-order valence-electron chi connectivity index (χ0n) is 14.0. The number of hydrogen-bond donors (Lipinski definition) is 1. The molecule has 1 fully saturated rings. The highest BCUT2D eigenvalue weighted by molar-refractivity contribution is 5.53. The molecule has 2 aromatic rings. The molecule has 1 aliphatic rings. The smallest absolute Gasteiger partial charge is 0.179 e. The SMILES string of the molecule is C#CC(O)(c1ccc(OC)cc1)c1ccc(N2CCOCC2)cc1F. The normalized spacial score (nSPS) is 16.8. The zero-order chi connectivity index (χ0) is 17.9. The maximum absolute atomic E-state index is 14.8. The second-order valence-electron chi connectivity index (χ2n) is 5.85. The molecule has 3 rings (SSSR count). The minimum Gasteiger partial charge on any atom is -0.497 e. The van der Waals surface area contributed by atoms with Crippen molar-refractivity contribution in [2.45, 2.75) is 5.60 Å². The molecule has 1 atom stereocenters. The summed E-state index contributed by atoms with van der Waals surface area (Å²) in [5.74, 6) is 2.42. The number of morpholine rings is 1. The van der Waals surface area contributed by atoms with Crippen LogP contribution < -0.4 is 9.64 Å². The number of ether oxygens (including phenoxy) is 2. The van der Waals surface area contributed by atoms with Gasteiger partial charge in [0.25, 0.3) is 0 Å². The number of nitrogens with zero attached hydrogens (tertiary/aromatic N) is 1. The van der Waals surface area contributed by atoms with Crippen molar-refractivity contribution in [3.05, 3.63) is 59.4 Å². The van der Waals surface area contributed by atoms with Gasteiger partial charge in [-0.05, 0) is 30.3 Å². The first kappa shape index (κ1) is 17.3.